The second-order valence-electron chi connectivity index (χ2n) is 6.65. The molecule has 1 aliphatic rings. The Morgan fingerprint density at radius 2 is 1.95 bits per heavy atom. The van der Waals surface area contributed by atoms with Crippen LogP contribution in [0.1, 0.15) is 44.0 Å². The number of hydrogen-bond donors (Lipinski definition) is 1. The molecule has 0 aromatic heterocycles. The van der Waals surface area contributed by atoms with Crippen LogP contribution < -0.4 is 0 Å². The summed E-state index contributed by atoms with van der Waals surface area (Å²) < 4.78 is 5.36. The number of carbonyl (C=O) groups excluding carboxylic acids is 2. The van der Waals surface area contributed by atoms with Crippen molar-refractivity contribution in [2.45, 2.75) is 39.2 Å². The predicted molar refractivity (Wildman–Crippen MR) is 83.0 cm³/mol. The van der Waals surface area contributed by atoms with Crippen molar-refractivity contribution in [2.75, 3.05) is 13.1 Å². The number of likely N-dealkylation sites (tertiary alicyclic amines) is 1. The van der Waals surface area contributed by atoms with E-state index in [0.717, 1.165) is 6.42 Å². The van der Waals surface area contributed by atoms with E-state index < -0.39 is 5.60 Å². The molecule has 0 spiro atoms. The number of rotatable bonds is 2. The molecule has 0 bridgehead atoms. The molecule has 1 aromatic rings. The number of ketones is 1. The third-order valence-electron chi connectivity index (χ3n) is 3.61. The fraction of sp³-hybridized carbons (Fsp3) is 0.529. The predicted octanol–water partition coefficient (Wildman–Crippen LogP) is 3.22. The van der Waals surface area contributed by atoms with Crippen molar-refractivity contribution in [3.05, 3.63) is 29.8 Å². The molecule has 1 atom stereocenters. The van der Waals surface area contributed by atoms with Crippen molar-refractivity contribution >= 4 is 11.9 Å². The van der Waals surface area contributed by atoms with Gasteiger partial charge >= 0.3 is 6.09 Å². The van der Waals surface area contributed by atoms with E-state index in [9.17, 15) is 14.7 Å². The van der Waals surface area contributed by atoms with Crippen LogP contribution in [0.25, 0.3) is 0 Å². The van der Waals surface area contributed by atoms with Gasteiger partial charge in [-0.05, 0) is 45.7 Å². The van der Waals surface area contributed by atoms with Gasteiger partial charge < -0.3 is 14.7 Å². The highest BCUT2D eigenvalue weighted by Gasteiger charge is 2.32. The molecule has 0 radical (unpaired) electrons. The van der Waals surface area contributed by atoms with Gasteiger partial charge in [-0.2, -0.15) is 0 Å². The molecule has 1 saturated heterocycles. The third kappa shape index (κ3) is 4.00. The van der Waals surface area contributed by atoms with Crippen LogP contribution in [-0.4, -0.2) is 40.6 Å². The second kappa shape index (κ2) is 6.38. The summed E-state index contributed by atoms with van der Waals surface area (Å²) in [6.07, 6.45) is 1.08. The van der Waals surface area contributed by atoms with Crippen LogP contribution in [0, 0.1) is 5.92 Å². The minimum Gasteiger partial charge on any atom is -0.507 e. The minimum absolute atomic E-state index is 0.0121. The first kappa shape index (κ1) is 16.3. The lowest BCUT2D eigenvalue weighted by Crippen LogP contribution is -2.44. The number of para-hydroxylation sites is 1. The number of phenolic OH excluding ortho intramolecular Hbond substituents is 1. The Morgan fingerprint density at radius 3 is 2.59 bits per heavy atom. The van der Waals surface area contributed by atoms with Crippen LogP contribution in [-0.2, 0) is 4.74 Å². The van der Waals surface area contributed by atoms with E-state index in [1.54, 1.807) is 23.1 Å². The molecular weight excluding hydrogens is 282 g/mol. The number of nitrogens with zero attached hydrogens (tertiary/aromatic N) is 1. The summed E-state index contributed by atoms with van der Waals surface area (Å²) in [5, 5.41) is 9.81. The zero-order chi connectivity index (χ0) is 16.3. The summed E-state index contributed by atoms with van der Waals surface area (Å²) in [6, 6.07) is 6.52. The number of piperidine rings is 1. The minimum atomic E-state index is -0.550. The number of benzene rings is 1. The molecule has 1 aromatic carbocycles. The number of Topliss-reactive ketones (excluding diaryl/α,β-unsaturated/α-hetero) is 1. The topological polar surface area (TPSA) is 66.8 Å². The Balaban J connectivity index is 2.06. The molecule has 1 amide bonds. The summed E-state index contributed by atoms with van der Waals surface area (Å²) in [5.74, 6) is -0.428. The molecule has 1 fully saturated rings. The first-order valence-corrected chi connectivity index (χ1v) is 7.58. The highest BCUT2D eigenvalue weighted by molar-refractivity contribution is 6.00. The van der Waals surface area contributed by atoms with Crippen LogP contribution in [0.2, 0.25) is 0 Å². The van der Waals surface area contributed by atoms with Crippen LogP contribution in [0.4, 0.5) is 4.79 Å². The Labute approximate surface area is 130 Å². The Morgan fingerprint density at radius 1 is 1.27 bits per heavy atom. The lowest BCUT2D eigenvalue weighted by molar-refractivity contribution is 0.0172. The number of hydrogen-bond acceptors (Lipinski definition) is 4. The Bertz CT molecular complexity index is 562. The van der Waals surface area contributed by atoms with Crippen molar-refractivity contribution in [1.29, 1.82) is 0 Å². The zero-order valence-corrected chi connectivity index (χ0v) is 13.3. The fourth-order valence-electron chi connectivity index (χ4n) is 2.59. The highest BCUT2D eigenvalue weighted by atomic mass is 16.6. The van der Waals surface area contributed by atoms with Crippen LogP contribution in [0.3, 0.4) is 0 Å². The average molecular weight is 305 g/mol. The van der Waals surface area contributed by atoms with Crippen LogP contribution in [0.5, 0.6) is 5.75 Å². The van der Waals surface area contributed by atoms with Gasteiger partial charge in [-0.3, -0.25) is 4.79 Å². The van der Waals surface area contributed by atoms with E-state index >= 15 is 0 Å². The molecule has 5 heteroatoms. The van der Waals surface area contributed by atoms with Gasteiger partial charge in [0.1, 0.15) is 11.4 Å². The van der Waals surface area contributed by atoms with Gasteiger partial charge in [0.05, 0.1) is 5.56 Å². The van der Waals surface area contributed by atoms with E-state index in [1.807, 2.05) is 20.8 Å². The lowest BCUT2D eigenvalue weighted by Gasteiger charge is -2.33. The smallest absolute Gasteiger partial charge is 0.410 e. The number of ether oxygens (including phenoxy) is 1. The maximum Gasteiger partial charge on any atom is 0.410 e. The first-order chi connectivity index (χ1) is 10.3. The molecule has 120 valence electrons. The van der Waals surface area contributed by atoms with Crippen molar-refractivity contribution in [1.82, 2.24) is 4.90 Å². The molecule has 0 unspecified atom stereocenters. The second-order valence-corrected chi connectivity index (χ2v) is 6.65. The third-order valence-corrected chi connectivity index (χ3v) is 3.61. The molecule has 1 aliphatic heterocycles. The summed E-state index contributed by atoms with van der Waals surface area (Å²) >= 11 is 0. The van der Waals surface area contributed by atoms with E-state index in [1.165, 1.54) is 6.07 Å². The Kier molecular flexibility index (Phi) is 4.74. The largest absolute Gasteiger partial charge is 0.507 e. The van der Waals surface area contributed by atoms with Crippen molar-refractivity contribution < 1.29 is 19.4 Å². The number of amides is 1. The van der Waals surface area contributed by atoms with Crippen LogP contribution in [0.15, 0.2) is 24.3 Å². The SMILES string of the molecule is CC(C)(C)OC(=O)N1CCC[C@@H](C(=O)c2ccccc2O)C1. The van der Waals surface area contributed by atoms with Gasteiger partial charge in [0.2, 0.25) is 0 Å². The number of aromatic hydroxyl groups is 1. The summed E-state index contributed by atoms with van der Waals surface area (Å²) in [7, 11) is 0. The van der Waals surface area contributed by atoms with Crippen molar-refractivity contribution in [2.24, 2.45) is 5.92 Å². The highest BCUT2D eigenvalue weighted by Crippen LogP contribution is 2.26. The normalized spacial score (nSPS) is 18.9. The first-order valence-electron chi connectivity index (χ1n) is 7.58. The molecule has 0 saturated carbocycles. The lowest BCUT2D eigenvalue weighted by atomic mass is 9.90. The van der Waals surface area contributed by atoms with Crippen molar-refractivity contribution in [3.8, 4) is 5.75 Å². The van der Waals surface area contributed by atoms with E-state index in [4.69, 9.17) is 4.74 Å². The summed E-state index contributed by atoms with van der Waals surface area (Å²) in [4.78, 5) is 26.2. The zero-order valence-electron chi connectivity index (χ0n) is 13.3. The summed E-state index contributed by atoms with van der Waals surface area (Å²) in [5.41, 5.74) is -0.232. The molecule has 0 aliphatic carbocycles. The van der Waals surface area contributed by atoms with Crippen molar-refractivity contribution in [3.63, 3.8) is 0 Å². The molecule has 22 heavy (non-hydrogen) atoms. The molecule has 1 heterocycles. The van der Waals surface area contributed by atoms with E-state index in [2.05, 4.69) is 0 Å². The molecule has 2 rings (SSSR count). The maximum absolute atomic E-state index is 12.5. The molecule has 5 nitrogen and oxygen atoms in total. The van der Waals surface area contributed by atoms with Crippen LogP contribution >= 0.6 is 0 Å². The Hall–Kier alpha value is -2.04. The van der Waals surface area contributed by atoms with Gasteiger partial charge in [0.15, 0.2) is 5.78 Å². The quantitative estimate of drug-likeness (QED) is 0.852. The molecular formula is C17H23NO4. The van der Waals surface area contributed by atoms with Gasteiger partial charge in [0.25, 0.3) is 0 Å². The van der Waals surface area contributed by atoms with E-state index in [-0.39, 0.29) is 23.5 Å². The average Bonchev–Trinajstić information content (AvgIpc) is 2.45. The molecule has 1 N–H and O–H groups in total. The standard InChI is InChI=1S/C17H23NO4/c1-17(2,3)22-16(21)18-10-6-7-12(11-18)15(20)13-8-4-5-9-14(13)19/h4-5,8-9,12,19H,6-7,10-11H2,1-3H3/t12-/m1/s1. The van der Waals surface area contributed by atoms with E-state index in [0.29, 0.717) is 25.1 Å². The monoisotopic (exact) mass is 305 g/mol. The van der Waals surface area contributed by atoms with Gasteiger partial charge in [-0.1, -0.05) is 12.1 Å². The summed E-state index contributed by atoms with van der Waals surface area (Å²) in [6.45, 7) is 6.39. The number of phenols is 1. The maximum atomic E-state index is 12.5. The fourth-order valence-corrected chi connectivity index (χ4v) is 2.59. The van der Waals surface area contributed by atoms with Gasteiger partial charge in [-0.15, -0.1) is 0 Å². The number of carbonyl (C=O) groups is 2. The van der Waals surface area contributed by atoms with Gasteiger partial charge in [0, 0.05) is 19.0 Å². The van der Waals surface area contributed by atoms with Gasteiger partial charge in [-0.25, -0.2) is 4.79 Å².